The summed E-state index contributed by atoms with van der Waals surface area (Å²) >= 11 is 6.79. The van der Waals surface area contributed by atoms with Crippen LogP contribution in [0, 0.1) is 0 Å². The highest BCUT2D eigenvalue weighted by atomic mass is 32.1. The SMILES string of the molecule is CC(C)NC(=S)NCc1ccsc1. The molecule has 0 radical (unpaired) electrons. The van der Waals surface area contributed by atoms with Gasteiger partial charge >= 0.3 is 0 Å². The van der Waals surface area contributed by atoms with Crippen LogP contribution in [0.4, 0.5) is 0 Å². The van der Waals surface area contributed by atoms with E-state index in [1.54, 1.807) is 11.3 Å². The highest BCUT2D eigenvalue weighted by Crippen LogP contribution is 2.04. The molecule has 0 fully saturated rings. The standard InChI is InChI=1S/C9H14N2S2/c1-7(2)11-9(12)10-5-8-3-4-13-6-8/h3-4,6-7H,5H2,1-2H3,(H2,10,11,12). The summed E-state index contributed by atoms with van der Waals surface area (Å²) in [6.45, 7) is 4.94. The number of hydrogen-bond acceptors (Lipinski definition) is 2. The number of nitrogens with one attached hydrogen (secondary N) is 2. The van der Waals surface area contributed by atoms with Crippen molar-refractivity contribution in [3.63, 3.8) is 0 Å². The molecule has 2 nitrogen and oxygen atoms in total. The number of rotatable bonds is 3. The Kier molecular flexibility index (Phi) is 4.18. The van der Waals surface area contributed by atoms with Crippen LogP contribution in [0.2, 0.25) is 0 Å². The normalized spacial score (nSPS) is 10.1. The fourth-order valence-electron chi connectivity index (χ4n) is 0.889. The van der Waals surface area contributed by atoms with E-state index >= 15 is 0 Å². The minimum absolute atomic E-state index is 0.391. The van der Waals surface area contributed by atoms with Crippen molar-refractivity contribution < 1.29 is 0 Å². The van der Waals surface area contributed by atoms with E-state index in [1.807, 2.05) is 0 Å². The smallest absolute Gasteiger partial charge is 0.166 e. The average Bonchev–Trinajstić information content (AvgIpc) is 2.51. The van der Waals surface area contributed by atoms with E-state index < -0.39 is 0 Å². The molecule has 0 aliphatic heterocycles. The summed E-state index contributed by atoms with van der Waals surface area (Å²) in [6, 6.07) is 2.48. The molecule has 1 rings (SSSR count). The van der Waals surface area contributed by atoms with Crippen molar-refractivity contribution in [1.82, 2.24) is 10.6 Å². The molecule has 1 heterocycles. The molecule has 1 aromatic rings. The summed E-state index contributed by atoms with van der Waals surface area (Å²) in [4.78, 5) is 0. The first kappa shape index (κ1) is 10.5. The van der Waals surface area contributed by atoms with Crippen LogP contribution in [0.25, 0.3) is 0 Å². The topological polar surface area (TPSA) is 24.1 Å². The van der Waals surface area contributed by atoms with Gasteiger partial charge < -0.3 is 10.6 Å². The highest BCUT2D eigenvalue weighted by Gasteiger charge is 1.97. The number of hydrogen-bond donors (Lipinski definition) is 2. The molecule has 1 aromatic heterocycles. The maximum Gasteiger partial charge on any atom is 0.166 e. The van der Waals surface area contributed by atoms with Gasteiger partial charge in [-0.3, -0.25) is 0 Å². The van der Waals surface area contributed by atoms with Crippen molar-refractivity contribution in [3.05, 3.63) is 22.4 Å². The Bertz CT molecular complexity index is 255. The Hall–Kier alpha value is -0.610. The Morgan fingerprint density at radius 1 is 1.62 bits per heavy atom. The maximum atomic E-state index is 5.08. The lowest BCUT2D eigenvalue weighted by molar-refractivity contribution is 0.712. The molecule has 0 aliphatic rings. The molecule has 0 aliphatic carbocycles. The Morgan fingerprint density at radius 3 is 2.92 bits per heavy atom. The van der Waals surface area contributed by atoms with Gasteiger partial charge in [0.15, 0.2) is 5.11 Å². The molecule has 0 aromatic carbocycles. The quantitative estimate of drug-likeness (QED) is 0.754. The van der Waals surface area contributed by atoms with Crippen LogP contribution in [-0.4, -0.2) is 11.2 Å². The molecule has 2 N–H and O–H groups in total. The van der Waals surface area contributed by atoms with Gasteiger partial charge in [0.1, 0.15) is 0 Å². The summed E-state index contributed by atoms with van der Waals surface area (Å²) in [5, 5.41) is 11.2. The van der Waals surface area contributed by atoms with Gasteiger partial charge in [-0.05, 0) is 48.5 Å². The van der Waals surface area contributed by atoms with Crippen molar-refractivity contribution in [3.8, 4) is 0 Å². The summed E-state index contributed by atoms with van der Waals surface area (Å²) in [5.74, 6) is 0. The summed E-state index contributed by atoms with van der Waals surface area (Å²) in [6.07, 6.45) is 0. The van der Waals surface area contributed by atoms with Gasteiger partial charge in [0, 0.05) is 12.6 Å². The van der Waals surface area contributed by atoms with E-state index in [-0.39, 0.29) is 0 Å². The molecule has 0 unspecified atom stereocenters. The van der Waals surface area contributed by atoms with Crippen molar-refractivity contribution >= 4 is 28.7 Å². The largest absolute Gasteiger partial charge is 0.361 e. The fraction of sp³-hybridized carbons (Fsp3) is 0.444. The van der Waals surface area contributed by atoms with E-state index in [0.29, 0.717) is 6.04 Å². The number of thiocarbonyl (C=S) groups is 1. The van der Waals surface area contributed by atoms with Crippen molar-refractivity contribution in [2.45, 2.75) is 26.4 Å². The van der Waals surface area contributed by atoms with Crippen molar-refractivity contribution in [2.75, 3.05) is 0 Å². The first-order chi connectivity index (χ1) is 6.18. The van der Waals surface area contributed by atoms with Crippen LogP contribution in [-0.2, 0) is 6.54 Å². The van der Waals surface area contributed by atoms with E-state index in [9.17, 15) is 0 Å². The Labute approximate surface area is 88.4 Å². The van der Waals surface area contributed by atoms with Crippen molar-refractivity contribution in [1.29, 1.82) is 0 Å². The van der Waals surface area contributed by atoms with Gasteiger partial charge in [-0.2, -0.15) is 11.3 Å². The Balaban J connectivity index is 2.23. The van der Waals surface area contributed by atoms with Crippen LogP contribution in [0.3, 0.4) is 0 Å². The third kappa shape index (κ3) is 4.24. The molecule has 0 amide bonds. The summed E-state index contributed by atoms with van der Waals surface area (Å²) < 4.78 is 0. The molecule has 4 heteroatoms. The van der Waals surface area contributed by atoms with Crippen LogP contribution in [0.15, 0.2) is 16.8 Å². The molecular weight excluding hydrogens is 200 g/mol. The van der Waals surface area contributed by atoms with Gasteiger partial charge in [0.05, 0.1) is 0 Å². The molecule has 13 heavy (non-hydrogen) atoms. The van der Waals surface area contributed by atoms with Gasteiger partial charge in [-0.15, -0.1) is 0 Å². The predicted molar refractivity (Wildman–Crippen MR) is 62.0 cm³/mol. The zero-order valence-electron chi connectivity index (χ0n) is 7.83. The van der Waals surface area contributed by atoms with Gasteiger partial charge in [0.25, 0.3) is 0 Å². The number of thiophene rings is 1. The van der Waals surface area contributed by atoms with Gasteiger partial charge in [-0.1, -0.05) is 0 Å². The van der Waals surface area contributed by atoms with E-state index in [0.717, 1.165) is 11.7 Å². The summed E-state index contributed by atoms with van der Waals surface area (Å²) in [5.41, 5.74) is 1.28. The molecule has 0 saturated heterocycles. The van der Waals surface area contributed by atoms with Crippen molar-refractivity contribution in [2.24, 2.45) is 0 Å². The minimum atomic E-state index is 0.391. The van der Waals surface area contributed by atoms with Crippen LogP contribution in [0.1, 0.15) is 19.4 Å². The maximum absolute atomic E-state index is 5.08. The minimum Gasteiger partial charge on any atom is -0.361 e. The third-order valence-electron chi connectivity index (χ3n) is 1.45. The predicted octanol–water partition coefficient (Wildman–Crippen LogP) is 2.12. The lowest BCUT2D eigenvalue weighted by Gasteiger charge is -2.12. The lowest BCUT2D eigenvalue weighted by atomic mass is 10.3. The Morgan fingerprint density at radius 2 is 2.38 bits per heavy atom. The molecular formula is C9H14N2S2. The molecule has 72 valence electrons. The first-order valence-electron chi connectivity index (χ1n) is 4.24. The van der Waals surface area contributed by atoms with E-state index in [1.165, 1.54) is 5.56 Å². The zero-order chi connectivity index (χ0) is 9.68. The van der Waals surface area contributed by atoms with E-state index in [4.69, 9.17) is 12.2 Å². The van der Waals surface area contributed by atoms with Gasteiger partial charge in [-0.25, -0.2) is 0 Å². The zero-order valence-corrected chi connectivity index (χ0v) is 9.47. The highest BCUT2D eigenvalue weighted by molar-refractivity contribution is 7.80. The fourth-order valence-corrected chi connectivity index (χ4v) is 1.87. The molecule has 0 spiro atoms. The van der Waals surface area contributed by atoms with Crippen LogP contribution in [0.5, 0.6) is 0 Å². The lowest BCUT2D eigenvalue weighted by Crippen LogP contribution is -2.38. The second-order valence-electron chi connectivity index (χ2n) is 3.11. The van der Waals surface area contributed by atoms with Crippen LogP contribution >= 0.6 is 23.6 Å². The average molecular weight is 214 g/mol. The van der Waals surface area contributed by atoms with Gasteiger partial charge in [0.2, 0.25) is 0 Å². The second kappa shape index (κ2) is 5.19. The molecule has 0 saturated carbocycles. The monoisotopic (exact) mass is 214 g/mol. The molecule has 0 bridgehead atoms. The van der Waals surface area contributed by atoms with Crippen LogP contribution < -0.4 is 10.6 Å². The third-order valence-corrected chi connectivity index (χ3v) is 2.45. The molecule has 0 atom stereocenters. The second-order valence-corrected chi connectivity index (χ2v) is 4.30. The summed E-state index contributed by atoms with van der Waals surface area (Å²) in [7, 11) is 0. The van der Waals surface area contributed by atoms with E-state index in [2.05, 4.69) is 41.3 Å². The first-order valence-corrected chi connectivity index (χ1v) is 5.59.